The average Bonchev–Trinajstić information content (AvgIpc) is 2.45. The fourth-order valence-corrected chi connectivity index (χ4v) is 2.03. The van der Waals surface area contributed by atoms with Gasteiger partial charge in [0.15, 0.2) is 0 Å². The molecule has 1 aromatic heterocycles. The summed E-state index contributed by atoms with van der Waals surface area (Å²) < 4.78 is 11.1. The Morgan fingerprint density at radius 2 is 2.11 bits per heavy atom. The molecule has 0 radical (unpaired) electrons. The van der Waals surface area contributed by atoms with Gasteiger partial charge >= 0.3 is 0 Å². The van der Waals surface area contributed by atoms with E-state index in [9.17, 15) is 0 Å². The molecule has 0 aliphatic carbocycles. The second-order valence-corrected chi connectivity index (χ2v) is 4.51. The number of nitrogens with zero attached hydrogens (tertiary/aromatic N) is 1. The Bertz CT molecular complexity index is 360. The predicted molar refractivity (Wildman–Crippen MR) is 75.8 cm³/mol. The summed E-state index contributed by atoms with van der Waals surface area (Å²) in [7, 11) is 1.70. The highest BCUT2D eigenvalue weighted by Gasteiger charge is 2.21. The zero-order chi connectivity index (χ0) is 14.1. The van der Waals surface area contributed by atoms with E-state index >= 15 is 0 Å². The molecule has 1 rings (SSSR count). The van der Waals surface area contributed by atoms with Crippen LogP contribution >= 0.6 is 0 Å². The number of rotatable bonds is 9. The molecule has 0 amide bonds. The quantitative estimate of drug-likeness (QED) is 0.530. The lowest BCUT2D eigenvalue weighted by Gasteiger charge is -2.25. The Morgan fingerprint density at radius 3 is 2.68 bits per heavy atom. The molecule has 108 valence electrons. The molecule has 2 atom stereocenters. The van der Waals surface area contributed by atoms with E-state index in [1.807, 2.05) is 6.07 Å². The molecule has 5 heteroatoms. The van der Waals surface area contributed by atoms with Crippen LogP contribution in [0.5, 0.6) is 5.75 Å². The molecule has 1 aromatic rings. The summed E-state index contributed by atoms with van der Waals surface area (Å²) in [6.07, 6.45) is 6.48. The Balaban J connectivity index is 2.84. The van der Waals surface area contributed by atoms with Crippen LogP contribution in [-0.4, -0.2) is 24.8 Å². The van der Waals surface area contributed by atoms with Crippen LogP contribution in [-0.2, 0) is 4.74 Å². The van der Waals surface area contributed by atoms with Crippen molar-refractivity contribution >= 4 is 0 Å². The minimum Gasteiger partial charge on any atom is -0.492 e. The molecular weight excluding hydrogens is 242 g/mol. The second kappa shape index (κ2) is 8.85. The fourth-order valence-electron chi connectivity index (χ4n) is 2.03. The molecule has 0 saturated carbocycles. The Hall–Kier alpha value is -1.17. The maximum Gasteiger partial charge on any atom is 0.137 e. The zero-order valence-electron chi connectivity index (χ0n) is 12.1. The first-order valence-electron chi connectivity index (χ1n) is 6.83. The van der Waals surface area contributed by atoms with Crippen molar-refractivity contribution in [3.63, 3.8) is 0 Å². The summed E-state index contributed by atoms with van der Waals surface area (Å²) >= 11 is 0. The van der Waals surface area contributed by atoms with Gasteiger partial charge in [0.05, 0.1) is 24.9 Å². The van der Waals surface area contributed by atoms with Crippen LogP contribution in [0.2, 0.25) is 0 Å². The normalized spacial score (nSPS) is 14.1. The summed E-state index contributed by atoms with van der Waals surface area (Å²) in [5, 5.41) is 0. The van der Waals surface area contributed by atoms with Gasteiger partial charge in [-0.25, -0.2) is 0 Å². The van der Waals surface area contributed by atoms with Crippen LogP contribution in [0.15, 0.2) is 18.5 Å². The van der Waals surface area contributed by atoms with E-state index in [1.54, 1.807) is 19.5 Å². The van der Waals surface area contributed by atoms with Crippen LogP contribution < -0.4 is 16.0 Å². The van der Waals surface area contributed by atoms with Gasteiger partial charge in [-0.2, -0.15) is 0 Å². The topological polar surface area (TPSA) is 69.4 Å². The molecule has 5 nitrogen and oxygen atoms in total. The van der Waals surface area contributed by atoms with Crippen LogP contribution in [0, 0.1) is 0 Å². The van der Waals surface area contributed by atoms with Gasteiger partial charge in [-0.05, 0) is 24.5 Å². The van der Waals surface area contributed by atoms with E-state index in [0.29, 0.717) is 6.61 Å². The number of hydrogen-bond acceptors (Lipinski definition) is 5. The Morgan fingerprint density at radius 1 is 1.32 bits per heavy atom. The van der Waals surface area contributed by atoms with Crippen molar-refractivity contribution in [2.24, 2.45) is 5.84 Å². The Labute approximate surface area is 115 Å². The third kappa shape index (κ3) is 4.78. The molecule has 0 aliphatic heterocycles. The molecule has 1 heterocycles. The van der Waals surface area contributed by atoms with Crippen molar-refractivity contribution in [1.29, 1.82) is 0 Å². The molecule has 0 spiro atoms. The number of nitrogens with one attached hydrogen (secondary N) is 1. The van der Waals surface area contributed by atoms with Gasteiger partial charge in [-0.15, -0.1) is 0 Å². The van der Waals surface area contributed by atoms with Crippen molar-refractivity contribution < 1.29 is 9.47 Å². The maximum absolute atomic E-state index is 5.66. The molecule has 2 unspecified atom stereocenters. The van der Waals surface area contributed by atoms with E-state index in [2.05, 4.69) is 24.3 Å². The molecule has 0 aliphatic rings. The van der Waals surface area contributed by atoms with Crippen LogP contribution in [0.3, 0.4) is 0 Å². The zero-order valence-corrected chi connectivity index (χ0v) is 12.1. The summed E-state index contributed by atoms with van der Waals surface area (Å²) in [5.74, 6) is 6.43. The molecule has 0 bridgehead atoms. The predicted octanol–water partition coefficient (Wildman–Crippen LogP) is 2.19. The first kappa shape index (κ1) is 15.9. The summed E-state index contributed by atoms with van der Waals surface area (Å²) in [6, 6.07) is 1.89. The highest BCUT2D eigenvalue weighted by molar-refractivity contribution is 5.26. The minimum absolute atomic E-state index is 0.0261. The summed E-state index contributed by atoms with van der Waals surface area (Å²) in [5.41, 5.74) is 3.80. The van der Waals surface area contributed by atoms with E-state index in [0.717, 1.165) is 30.6 Å². The largest absolute Gasteiger partial charge is 0.492 e. The molecule has 0 saturated heterocycles. The number of hydrazine groups is 1. The summed E-state index contributed by atoms with van der Waals surface area (Å²) in [6.45, 7) is 4.89. The molecule has 3 N–H and O–H groups in total. The standard InChI is InChI=1S/C14H25N3O2/c1-4-6-13(18-3)14(17-15)11-8-12(10-16-9-11)19-7-5-2/h8-10,13-14,17H,4-7,15H2,1-3H3. The molecular formula is C14H25N3O2. The van der Waals surface area contributed by atoms with Crippen LogP contribution in [0.25, 0.3) is 0 Å². The van der Waals surface area contributed by atoms with Crippen molar-refractivity contribution in [3.8, 4) is 5.75 Å². The number of pyridine rings is 1. The monoisotopic (exact) mass is 267 g/mol. The van der Waals surface area contributed by atoms with Gasteiger partial charge in [0.25, 0.3) is 0 Å². The molecule has 0 aromatic carbocycles. The lowest BCUT2D eigenvalue weighted by atomic mass is 10.00. The second-order valence-electron chi connectivity index (χ2n) is 4.51. The molecule has 19 heavy (non-hydrogen) atoms. The lowest BCUT2D eigenvalue weighted by molar-refractivity contribution is 0.0604. The number of aromatic nitrogens is 1. The lowest BCUT2D eigenvalue weighted by Crippen LogP contribution is -2.37. The third-order valence-corrected chi connectivity index (χ3v) is 2.99. The minimum atomic E-state index is -0.0809. The van der Waals surface area contributed by atoms with Gasteiger partial charge in [0.2, 0.25) is 0 Å². The SMILES string of the molecule is CCCOc1cncc(C(NN)C(CCC)OC)c1. The van der Waals surface area contributed by atoms with Crippen molar-refractivity contribution in [2.75, 3.05) is 13.7 Å². The number of ether oxygens (including phenoxy) is 2. The van der Waals surface area contributed by atoms with Crippen LogP contribution in [0.1, 0.15) is 44.7 Å². The van der Waals surface area contributed by atoms with Gasteiger partial charge in [-0.3, -0.25) is 16.3 Å². The highest BCUT2D eigenvalue weighted by atomic mass is 16.5. The van der Waals surface area contributed by atoms with E-state index in [4.69, 9.17) is 15.3 Å². The van der Waals surface area contributed by atoms with Crippen molar-refractivity contribution in [2.45, 2.75) is 45.3 Å². The van der Waals surface area contributed by atoms with E-state index < -0.39 is 0 Å². The van der Waals surface area contributed by atoms with Crippen molar-refractivity contribution in [1.82, 2.24) is 10.4 Å². The van der Waals surface area contributed by atoms with Gasteiger partial charge in [0.1, 0.15) is 5.75 Å². The average molecular weight is 267 g/mol. The fraction of sp³-hybridized carbons (Fsp3) is 0.643. The summed E-state index contributed by atoms with van der Waals surface area (Å²) in [4.78, 5) is 4.21. The smallest absolute Gasteiger partial charge is 0.137 e. The highest BCUT2D eigenvalue weighted by Crippen LogP contribution is 2.24. The van der Waals surface area contributed by atoms with Crippen LogP contribution in [0.4, 0.5) is 0 Å². The number of nitrogens with two attached hydrogens (primary N) is 1. The van der Waals surface area contributed by atoms with Gasteiger partial charge in [0, 0.05) is 13.3 Å². The number of hydrogen-bond donors (Lipinski definition) is 2. The third-order valence-electron chi connectivity index (χ3n) is 2.99. The maximum atomic E-state index is 5.66. The number of methoxy groups -OCH3 is 1. The first-order chi connectivity index (χ1) is 9.26. The van der Waals surface area contributed by atoms with E-state index in [-0.39, 0.29) is 12.1 Å². The van der Waals surface area contributed by atoms with Gasteiger partial charge in [-0.1, -0.05) is 20.3 Å². The molecule has 0 fully saturated rings. The van der Waals surface area contributed by atoms with E-state index in [1.165, 1.54) is 0 Å². The Kier molecular flexibility index (Phi) is 7.40. The first-order valence-corrected chi connectivity index (χ1v) is 6.83. The van der Waals surface area contributed by atoms with Crippen molar-refractivity contribution in [3.05, 3.63) is 24.0 Å². The van der Waals surface area contributed by atoms with Gasteiger partial charge < -0.3 is 9.47 Å².